The molecule has 3 unspecified atom stereocenters. The minimum absolute atomic E-state index is 0.449. The average molecular weight is 504 g/mol. The number of rotatable bonds is 18. The van der Waals surface area contributed by atoms with E-state index in [1.165, 1.54) is 0 Å². The summed E-state index contributed by atoms with van der Waals surface area (Å²) in [6, 6.07) is 0. The molecule has 10 nitrogen and oxygen atoms in total. The summed E-state index contributed by atoms with van der Waals surface area (Å²) < 4.78 is 51.7. The molecule has 0 aromatic rings. The van der Waals surface area contributed by atoms with E-state index in [1.807, 2.05) is 4.90 Å². The highest BCUT2D eigenvalue weighted by Gasteiger charge is 2.43. The first-order valence-electron chi connectivity index (χ1n) is 10.2. The molecule has 0 fully saturated rings. The lowest BCUT2D eigenvalue weighted by Gasteiger charge is -2.46. The fraction of sp³-hybridized carbons (Fsp3) is 1.00. The van der Waals surface area contributed by atoms with Crippen LogP contribution >= 0.6 is 0 Å². The van der Waals surface area contributed by atoms with Crippen molar-refractivity contribution in [2.75, 3.05) is 64.0 Å². The van der Waals surface area contributed by atoms with E-state index in [4.69, 9.17) is 42.6 Å². The van der Waals surface area contributed by atoms with E-state index in [0.29, 0.717) is 50.0 Å². The molecule has 0 spiro atoms. The van der Waals surface area contributed by atoms with Crippen LogP contribution in [0.3, 0.4) is 0 Å². The van der Waals surface area contributed by atoms with Crippen LogP contribution in [-0.4, -0.2) is 135 Å². The number of ether oxygens (including phenoxy) is 9. The molecule has 0 aromatic carbocycles. The Morgan fingerprint density at radius 3 is 0.806 bits per heavy atom. The first-order valence-corrected chi connectivity index (χ1v) is 13.2. The molecule has 31 heavy (non-hydrogen) atoms. The second-order valence-corrected chi connectivity index (χ2v) is 12.3. The Morgan fingerprint density at radius 2 is 0.677 bits per heavy atom. The molecule has 3 atom stereocenters. The van der Waals surface area contributed by atoms with Gasteiger partial charge in [0.05, 0.1) is 30.7 Å². The van der Waals surface area contributed by atoms with Crippen molar-refractivity contribution < 1.29 is 42.6 Å². The summed E-state index contributed by atoms with van der Waals surface area (Å²) in [5, 5.41) is 0. The maximum atomic E-state index is 5.93. The summed E-state index contributed by atoms with van der Waals surface area (Å²) in [6.45, 7) is 0. The first kappa shape index (κ1) is 31.3. The number of nitrogens with zero attached hydrogens (tertiary/aromatic N) is 1. The minimum atomic E-state index is -0.739. The lowest BCUT2D eigenvalue weighted by molar-refractivity contribution is -0.270. The Labute approximate surface area is 196 Å². The highest BCUT2D eigenvalue weighted by molar-refractivity contribution is 6.14. The fourth-order valence-electron chi connectivity index (χ4n) is 3.19. The van der Waals surface area contributed by atoms with Gasteiger partial charge >= 0.3 is 0 Å². The third-order valence-corrected chi connectivity index (χ3v) is 9.72. The SMILES string of the molecule is COC(CC([SiH3])(OC)OC)N(C(CC([SiH3])(OC)OC)OC)C(CC([SiH3])(OC)OC)OC. The average Bonchev–Trinajstić information content (AvgIpc) is 2.81. The monoisotopic (exact) mass is 503 g/mol. The molecule has 0 N–H and O–H groups in total. The zero-order valence-corrected chi connectivity index (χ0v) is 27.5. The molecule has 0 aliphatic carbocycles. The van der Waals surface area contributed by atoms with Crippen LogP contribution < -0.4 is 0 Å². The molecule has 13 heteroatoms. The van der Waals surface area contributed by atoms with Crippen molar-refractivity contribution in [1.82, 2.24) is 4.90 Å². The predicted molar refractivity (Wildman–Crippen MR) is 128 cm³/mol. The zero-order valence-electron chi connectivity index (χ0n) is 21.5. The van der Waals surface area contributed by atoms with Gasteiger partial charge in [-0.05, 0) is 0 Å². The van der Waals surface area contributed by atoms with E-state index in [1.54, 1.807) is 64.0 Å². The van der Waals surface area contributed by atoms with Crippen LogP contribution in [0.4, 0.5) is 0 Å². The summed E-state index contributed by atoms with van der Waals surface area (Å²) in [5.41, 5.74) is -2.22. The number of methoxy groups -OCH3 is 9. The van der Waals surface area contributed by atoms with E-state index in [0.717, 1.165) is 0 Å². The smallest absolute Gasteiger partial charge is 0.144 e. The molecule has 0 aliphatic rings. The molecule has 0 saturated heterocycles. The predicted octanol–water partition coefficient (Wildman–Crippen LogP) is -2.69. The van der Waals surface area contributed by atoms with Gasteiger partial charge in [0.1, 0.15) is 34.9 Å². The van der Waals surface area contributed by atoms with Crippen molar-refractivity contribution in [3.63, 3.8) is 0 Å². The topological polar surface area (TPSA) is 86.3 Å². The van der Waals surface area contributed by atoms with Crippen molar-refractivity contribution in [2.24, 2.45) is 0 Å². The Balaban J connectivity index is 6.27. The summed E-state index contributed by atoms with van der Waals surface area (Å²) in [5.74, 6) is 0. The largest absolute Gasteiger partial charge is 0.366 e. The zero-order chi connectivity index (χ0) is 24.3. The highest BCUT2D eigenvalue weighted by atomic mass is 28.2. The second-order valence-electron chi connectivity index (χ2n) is 7.76. The van der Waals surface area contributed by atoms with E-state index in [2.05, 4.69) is 0 Å². The lowest BCUT2D eigenvalue weighted by Crippen LogP contribution is -2.59. The van der Waals surface area contributed by atoms with Crippen LogP contribution in [-0.2, 0) is 42.6 Å². The number of hydrogen-bond donors (Lipinski definition) is 0. The molecular formula is C18H45NO9Si3. The summed E-state index contributed by atoms with van der Waals surface area (Å²) >= 11 is 0. The van der Waals surface area contributed by atoms with Gasteiger partial charge in [-0.1, -0.05) is 0 Å². The maximum Gasteiger partial charge on any atom is 0.144 e. The minimum Gasteiger partial charge on any atom is -0.366 e. The van der Waals surface area contributed by atoms with Gasteiger partial charge in [0, 0.05) is 83.3 Å². The molecule has 0 amide bonds. The van der Waals surface area contributed by atoms with Gasteiger partial charge in [0.15, 0.2) is 0 Å². The third kappa shape index (κ3) is 9.19. The van der Waals surface area contributed by atoms with Crippen molar-refractivity contribution in [2.45, 2.75) is 54.2 Å². The van der Waals surface area contributed by atoms with Gasteiger partial charge in [0.25, 0.3) is 0 Å². The summed E-state index contributed by atoms with van der Waals surface area (Å²) in [4.78, 5) is 2.01. The molecule has 0 aliphatic heterocycles. The van der Waals surface area contributed by atoms with E-state index >= 15 is 0 Å². The quantitative estimate of drug-likeness (QED) is 0.146. The molecule has 188 valence electrons. The normalized spacial score (nSPS) is 16.8. The Kier molecular flexibility index (Phi) is 14.6. The van der Waals surface area contributed by atoms with E-state index < -0.39 is 34.9 Å². The molecule has 0 radical (unpaired) electrons. The van der Waals surface area contributed by atoms with E-state index in [9.17, 15) is 0 Å². The van der Waals surface area contributed by atoms with Crippen LogP contribution in [0.5, 0.6) is 0 Å². The van der Waals surface area contributed by atoms with Crippen LogP contribution in [0.2, 0.25) is 0 Å². The standard InChI is InChI=1S/C18H45NO9Si3/c1-20-13(10-16(29,23-4)24-5)19(14(21-2)11-17(30,25-6)26-7)15(22-3)12-18(31,27-8)28-9/h13-15H,10-12H2,1-9,29-31H3. The lowest BCUT2D eigenvalue weighted by atomic mass is 10.2. The number of hydrogen-bond acceptors (Lipinski definition) is 10. The van der Waals surface area contributed by atoms with E-state index in [-0.39, 0.29) is 0 Å². The Morgan fingerprint density at radius 1 is 0.484 bits per heavy atom. The third-order valence-electron chi connectivity index (χ3n) is 6.04. The Bertz CT molecular complexity index is 414. The van der Waals surface area contributed by atoms with Gasteiger partial charge in [0.2, 0.25) is 0 Å². The molecule has 0 rings (SSSR count). The van der Waals surface area contributed by atoms with Gasteiger partial charge in [-0.25, -0.2) is 4.90 Å². The molecule has 0 aromatic heterocycles. The molecular weight excluding hydrogens is 458 g/mol. The van der Waals surface area contributed by atoms with Crippen molar-refractivity contribution in [3.05, 3.63) is 0 Å². The molecule has 0 saturated carbocycles. The van der Waals surface area contributed by atoms with Crippen molar-refractivity contribution in [3.8, 4) is 0 Å². The molecule has 0 heterocycles. The highest BCUT2D eigenvalue weighted by Crippen LogP contribution is 2.30. The summed E-state index contributed by atoms with van der Waals surface area (Å²) in [6.07, 6.45) is -0.00959. The van der Waals surface area contributed by atoms with Gasteiger partial charge in [-0.2, -0.15) is 0 Å². The van der Waals surface area contributed by atoms with Gasteiger partial charge in [-0.3, -0.25) is 0 Å². The Hall–Kier alpha value is 0.251. The van der Waals surface area contributed by atoms with Gasteiger partial charge in [-0.15, -0.1) is 0 Å². The van der Waals surface area contributed by atoms with Crippen molar-refractivity contribution >= 4 is 30.7 Å². The van der Waals surface area contributed by atoms with Gasteiger partial charge < -0.3 is 42.6 Å². The maximum absolute atomic E-state index is 5.93. The second kappa shape index (κ2) is 14.5. The van der Waals surface area contributed by atoms with Crippen molar-refractivity contribution in [1.29, 1.82) is 0 Å². The van der Waals surface area contributed by atoms with Crippen LogP contribution in [0.25, 0.3) is 0 Å². The van der Waals surface area contributed by atoms with Crippen LogP contribution in [0, 0.1) is 0 Å². The fourth-order valence-corrected chi connectivity index (χ4v) is 4.24. The molecule has 0 bridgehead atoms. The first-order chi connectivity index (χ1) is 14.5. The summed E-state index contributed by atoms with van der Waals surface area (Å²) in [7, 11) is 16.6. The van der Waals surface area contributed by atoms with Crippen LogP contribution in [0.15, 0.2) is 0 Å². The van der Waals surface area contributed by atoms with Crippen LogP contribution in [0.1, 0.15) is 19.3 Å².